The molecule has 0 spiro atoms. The highest BCUT2D eigenvalue weighted by Gasteiger charge is 2.13. The zero-order valence-electron chi connectivity index (χ0n) is 11.1. The molecule has 0 amide bonds. The normalized spacial score (nSPS) is 10.2. The number of hydrogen-bond acceptors (Lipinski definition) is 6. The van der Waals surface area contributed by atoms with Gasteiger partial charge in [-0.3, -0.25) is 0 Å². The van der Waals surface area contributed by atoms with Crippen LogP contribution in [0.15, 0.2) is 6.07 Å². The zero-order chi connectivity index (χ0) is 13.5. The van der Waals surface area contributed by atoms with Gasteiger partial charge in [-0.1, -0.05) is 0 Å². The molecule has 6 nitrogen and oxygen atoms in total. The Kier molecular flexibility index (Phi) is 5.18. The van der Waals surface area contributed by atoms with Gasteiger partial charge in [0, 0.05) is 25.2 Å². The van der Waals surface area contributed by atoms with Crippen LogP contribution >= 0.6 is 0 Å². The van der Waals surface area contributed by atoms with Gasteiger partial charge >= 0.3 is 0 Å². The van der Waals surface area contributed by atoms with E-state index in [0.717, 1.165) is 12.4 Å². The van der Waals surface area contributed by atoms with Crippen LogP contribution in [0.3, 0.4) is 0 Å². The van der Waals surface area contributed by atoms with Crippen LogP contribution in [0.1, 0.15) is 27.2 Å². The second-order valence-electron chi connectivity index (χ2n) is 4.20. The van der Waals surface area contributed by atoms with Gasteiger partial charge in [0.05, 0.1) is 12.5 Å². The van der Waals surface area contributed by atoms with Crippen molar-refractivity contribution in [2.24, 2.45) is 0 Å². The molecule has 1 rings (SSSR count). The van der Waals surface area contributed by atoms with Gasteiger partial charge in [-0.05, 0) is 20.8 Å². The second-order valence-corrected chi connectivity index (χ2v) is 4.20. The summed E-state index contributed by atoms with van der Waals surface area (Å²) in [4.78, 5) is 10.4. The Hall–Kier alpha value is -2.03. The van der Waals surface area contributed by atoms with Gasteiger partial charge in [0.1, 0.15) is 11.6 Å². The Bertz CT molecular complexity index is 423. The maximum Gasteiger partial charge on any atom is 0.223 e. The van der Waals surface area contributed by atoms with Crippen molar-refractivity contribution in [2.75, 3.05) is 29.0 Å². The highest BCUT2D eigenvalue weighted by molar-refractivity contribution is 5.53. The van der Waals surface area contributed by atoms with E-state index in [2.05, 4.69) is 35.2 Å². The number of nitrogens with zero attached hydrogens (tertiary/aromatic N) is 4. The molecule has 1 aromatic heterocycles. The minimum Gasteiger partial charge on any atom is -0.370 e. The molecule has 0 unspecified atom stereocenters. The van der Waals surface area contributed by atoms with Crippen molar-refractivity contribution in [2.45, 2.75) is 33.2 Å². The minimum absolute atomic E-state index is 0.242. The van der Waals surface area contributed by atoms with Crippen molar-refractivity contribution in [3.63, 3.8) is 0 Å². The number of anilines is 3. The van der Waals surface area contributed by atoms with Crippen LogP contribution in [-0.2, 0) is 0 Å². The van der Waals surface area contributed by atoms with Crippen molar-refractivity contribution >= 4 is 17.6 Å². The third-order valence-electron chi connectivity index (χ3n) is 2.47. The number of hydrogen-bond donors (Lipinski definition) is 2. The molecule has 1 heterocycles. The van der Waals surface area contributed by atoms with E-state index in [1.54, 1.807) is 0 Å². The lowest BCUT2D eigenvalue weighted by Gasteiger charge is -2.27. The topological polar surface area (TPSA) is 90.9 Å². The lowest BCUT2D eigenvalue weighted by Crippen LogP contribution is -2.32. The summed E-state index contributed by atoms with van der Waals surface area (Å²) in [7, 11) is 0. The van der Waals surface area contributed by atoms with E-state index in [0.29, 0.717) is 18.8 Å². The molecule has 0 aromatic carbocycles. The number of nitriles is 1. The van der Waals surface area contributed by atoms with Crippen molar-refractivity contribution in [1.82, 2.24) is 9.97 Å². The maximum absolute atomic E-state index is 8.69. The van der Waals surface area contributed by atoms with Crippen LogP contribution in [0, 0.1) is 11.3 Å². The minimum atomic E-state index is 0.242. The monoisotopic (exact) mass is 248 g/mol. The zero-order valence-corrected chi connectivity index (χ0v) is 11.1. The molecule has 0 radical (unpaired) electrons. The largest absolute Gasteiger partial charge is 0.370 e. The SMILES string of the molecule is CCNc1cc(N(CCC#N)C(C)C)nc(N)n1. The molecular formula is C12H20N6. The number of rotatable bonds is 6. The molecule has 6 heteroatoms. The Morgan fingerprint density at radius 1 is 1.50 bits per heavy atom. The van der Waals surface area contributed by atoms with E-state index in [-0.39, 0.29) is 12.0 Å². The van der Waals surface area contributed by atoms with Crippen LogP contribution in [0.2, 0.25) is 0 Å². The molecule has 0 atom stereocenters. The maximum atomic E-state index is 8.69. The van der Waals surface area contributed by atoms with Crippen molar-refractivity contribution in [3.8, 4) is 6.07 Å². The van der Waals surface area contributed by atoms with Gasteiger partial charge in [-0.25, -0.2) is 0 Å². The van der Waals surface area contributed by atoms with Gasteiger partial charge in [-0.2, -0.15) is 15.2 Å². The highest BCUT2D eigenvalue weighted by Crippen LogP contribution is 2.19. The van der Waals surface area contributed by atoms with Crippen LogP contribution in [0.4, 0.5) is 17.6 Å². The first-order chi connectivity index (χ1) is 8.58. The summed E-state index contributed by atoms with van der Waals surface area (Å²) in [6.07, 6.45) is 0.457. The fraction of sp³-hybridized carbons (Fsp3) is 0.583. The van der Waals surface area contributed by atoms with Gasteiger partial charge in [0.25, 0.3) is 0 Å². The molecule has 0 aliphatic carbocycles. The molecular weight excluding hydrogens is 228 g/mol. The number of nitrogen functional groups attached to an aromatic ring is 1. The van der Waals surface area contributed by atoms with E-state index in [1.165, 1.54) is 0 Å². The fourth-order valence-electron chi connectivity index (χ4n) is 1.68. The summed E-state index contributed by atoms with van der Waals surface area (Å²) < 4.78 is 0. The summed E-state index contributed by atoms with van der Waals surface area (Å²) in [5.41, 5.74) is 5.70. The van der Waals surface area contributed by atoms with E-state index >= 15 is 0 Å². The summed E-state index contributed by atoms with van der Waals surface area (Å²) in [6, 6.07) is 4.26. The lowest BCUT2D eigenvalue weighted by molar-refractivity contribution is 0.676. The summed E-state index contributed by atoms with van der Waals surface area (Å²) in [5.74, 6) is 1.71. The van der Waals surface area contributed by atoms with Crippen molar-refractivity contribution < 1.29 is 0 Å². The smallest absolute Gasteiger partial charge is 0.223 e. The molecule has 3 N–H and O–H groups in total. The van der Waals surface area contributed by atoms with E-state index in [4.69, 9.17) is 11.0 Å². The van der Waals surface area contributed by atoms with Crippen LogP contribution in [-0.4, -0.2) is 29.1 Å². The first-order valence-corrected chi connectivity index (χ1v) is 6.10. The summed E-state index contributed by atoms with van der Waals surface area (Å²) >= 11 is 0. The molecule has 0 aliphatic heterocycles. The third-order valence-corrected chi connectivity index (χ3v) is 2.47. The number of nitrogens with two attached hydrogens (primary N) is 1. The molecule has 1 aromatic rings. The average molecular weight is 248 g/mol. The first kappa shape index (κ1) is 14.0. The molecule has 0 fully saturated rings. The first-order valence-electron chi connectivity index (χ1n) is 6.10. The van der Waals surface area contributed by atoms with Gasteiger partial charge < -0.3 is 16.0 Å². The van der Waals surface area contributed by atoms with Gasteiger partial charge in [0.15, 0.2) is 0 Å². The Labute approximate surface area is 108 Å². The molecule has 0 saturated carbocycles. The van der Waals surface area contributed by atoms with E-state index in [1.807, 2.05) is 17.9 Å². The van der Waals surface area contributed by atoms with Crippen molar-refractivity contribution in [3.05, 3.63) is 6.07 Å². The van der Waals surface area contributed by atoms with Crippen LogP contribution in [0.25, 0.3) is 0 Å². The van der Waals surface area contributed by atoms with Crippen LogP contribution in [0.5, 0.6) is 0 Å². The van der Waals surface area contributed by atoms with Crippen LogP contribution < -0.4 is 16.0 Å². The Morgan fingerprint density at radius 2 is 2.22 bits per heavy atom. The number of aromatic nitrogens is 2. The van der Waals surface area contributed by atoms with E-state index < -0.39 is 0 Å². The molecule has 18 heavy (non-hydrogen) atoms. The second kappa shape index (κ2) is 6.64. The third kappa shape index (κ3) is 3.77. The summed E-state index contributed by atoms with van der Waals surface area (Å²) in [6.45, 7) is 7.52. The summed E-state index contributed by atoms with van der Waals surface area (Å²) in [5, 5.41) is 11.8. The molecule has 98 valence electrons. The standard InChI is InChI=1S/C12H20N6/c1-4-15-10-8-11(17-12(14)16-10)18(9(2)3)7-5-6-13/h8-9H,4-5,7H2,1-3H3,(H3,14,15,16,17). The molecule has 0 saturated heterocycles. The molecule has 0 bridgehead atoms. The Balaban J connectivity index is 3.00. The quantitative estimate of drug-likeness (QED) is 0.795. The van der Waals surface area contributed by atoms with E-state index in [9.17, 15) is 0 Å². The Morgan fingerprint density at radius 3 is 2.78 bits per heavy atom. The highest BCUT2D eigenvalue weighted by atomic mass is 15.2. The predicted molar refractivity (Wildman–Crippen MR) is 73.3 cm³/mol. The predicted octanol–water partition coefficient (Wildman–Crippen LogP) is 1.62. The van der Waals surface area contributed by atoms with Crippen molar-refractivity contribution in [1.29, 1.82) is 5.26 Å². The fourth-order valence-corrected chi connectivity index (χ4v) is 1.68. The van der Waals surface area contributed by atoms with Gasteiger partial charge in [-0.15, -0.1) is 0 Å². The molecule has 0 aliphatic rings. The average Bonchev–Trinajstić information content (AvgIpc) is 2.28. The number of nitrogens with one attached hydrogen (secondary N) is 1. The van der Waals surface area contributed by atoms with Gasteiger partial charge in [0.2, 0.25) is 5.95 Å². The lowest BCUT2D eigenvalue weighted by atomic mass is 10.3.